The van der Waals surface area contributed by atoms with Crippen LogP contribution in [0.4, 0.5) is 39.5 Å². The van der Waals surface area contributed by atoms with Crippen LogP contribution < -0.4 is 4.74 Å². The van der Waals surface area contributed by atoms with Gasteiger partial charge in [0, 0.05) is 27.7 Å². The maximum absolute atomic E-state index is 15.0. The number of hydrogen-bond acceptors (Lipinski definition) is 6. The molecule has 0 aliphatic carbocycles. The predicted molar refractivity (Wildman–Crippen MR) is 152 cm³/mol. The van der Waals surface area contributed by atoms with Crippen molar-refractivity contribution in [3.05, 3.63) is 84.9 Å². The molecule has 1 aliphatic heterocycles. The van der Waals surface area contributed by atoms with Gasteiger partial charge in [0.15, 0.2) is 6.29 Å². The molecule has 0 bridgehead atoms. The minimum atomic E-state index is -7.47. The Morgan fingerprint density at radius 3 is 1.70 bits per heavy atom. The van der Waals surface area contributed by atoms with Crippen LogP contribution in [0.5, 0.6) is 5.75 Å². The van der Waals surface area contributed by atoms with Gasteiger partial charge >= 0.3 is 33.4 Å². The molecule has 1 unspecified atom stereocenters. The Hall–Kier alpha value is -2.99. The molecule has 1 saturated heterocycles. The van der Waals surface area contributed by atoms with Crippen LogP contribution >= 0.6 is 10.3 Å². The number of benzene rings is 3. The molecule has 260 valence electrons. The van der Waals surface area contributed by atoms with Crippen LogP contribution in [0.25, 0.3) is 0 Å². The molecule has 0 spiro atoms. The van der Waals surface area contributed by atoms with E-state index < -0.39 is 43.7 Å². The highest BCUT2D eigenvalue weighted by Crippen LogP contribution is 2.71. The Morgan fingerprint density at radius 2 is 1.21 bits per heavy atom. The number of halogens is 9. The van der Waals surface area contributed by atoms with Gasteiger partial charge in [-0.3, -0.25) is 0 Å². The van der Waals surface area contributed by atoms with E-state index in [0.29, 0.717) is 19.6 Å². The highest BCUT2D eigenvalue weighted by molar-refractivity contribution is 8.33. The molecule has 0 amide bonds. The van der Waals surface area contributed by atoms with E-state index >= 15 is 8.78 Å². The van der Waals surface area contributed by atoms with Gasteiger partial charge in [-0.15, -0.1) is 0 Å². The minimum Gasteiger partial charge on any atom is -0.494 e. The summed E-state index contributed by atoms with van der Waals surface area (Å²) in [5.74, 6) is -14.7. The number of ether oxygens (including phenoxy) is 3. The number of hydrogen-bond donors (Lipinski definition) is 0. The fraction of sp³-hybridized carbons (Fsp3) is 0.400. The highest BCUT2D eigenvalue weighted by atomic mass is 32.3. The van der Waals surface area contributed by atoms with Crippen molar-refractivity contribution < 1.29 is 65.8 Å². The van der Waals surface area contributed by atoms with Crippen molar-refractivity contribution >= 4 is 20.4 Å². The predicted octanol–water partition coefficient (Wildman–Crippen LogP) is 8.97. The average Bonchev–Trinajstić information content (AvgIpc) is 3.04. The molecule has 0 N–H and O–H groups in total. The Bertz CT molecular complexity index is 1510. The lowest BCUT2D eigenvalue weighted by molar-refractivity contribution is -0.382. The second-order valence-electron chi connectivity index (χ2n) is 10.2. The third-order valence-electron chi connectivity index (χ3n) is 6.93. The van der Waals surface area contributed by atoms with E-state index in [1.54, 1.807) is 0 Å². The van der Waals surface area contributed by atoms with Crippen LogP contribution in [-0.2, 0) is 23.2 Å². The zero-order valence-electron chi connectivity index (χ0n) is 24.3. The zero-order chi connectivity index (χ0) is 34.6. The standard InChI is InChI=1S/C30H29F9O6S2/c31-27(32,29(35,36)37)28(33,34)30(38,39)47(40,41)45-46(23-10-3-1-4-11-23,24-12-5-2-6-13-24)25-17-15-22(16-18-25)42-20-9-21-44-26-14-7-8-19-43-26/h1-6,10-13,15-18,26H,7-9,14,19-21H2. The topological polar surface area (TPSA) is 71.1 Å². The van der Waals surface area contributed by atoms with Crippen molar-refractivity contribution in [2.75, 3.05) is 19.8 Å². The van der Waals surface area contributed by atoms with E-state index in [0.717, 1.165) is 19.3 Å². The van der Waals surface area contributed by atoms with Crippen LogP contribution in [0, 0.1) is 0 Å². The van der Waals surface area contributed by atoms with Crippen molar-refractivity contribution in [1.29, 1.82) is 0 Å². The summed E-state index contributed by atoms with van der Waals surface area (Å²) in [5.41, 5.74) is 0. The summed E-state index contributed by atoms with van der Waals surface area (Å²) in [6, 6.07) is 18.0. The molecule has 1 heterocycles. The summed E-state index contributed by atoms with van der Waals surface area (Å²) >= 11 is 0. The molecule has 1 aliphatic rings. The minimum absolute atomic E-state index is 0.154. The first-order chi connectivity index (χ1) is 22.0. The van der Waals surface area contributed by atoms with E-state index in [-0.39, 0.29) is 33.3 Å². The van der Waals surface area contributed by atoms with Gasteiger partial charge in [0.05, 0.1) is 13.2 Å². The zero-order valence-corrected chi connectivity index (χ0v) is 25.9. The van der Waals surface area contributed by atoms with E-state index in [2.05, 4.69) is 0 Å². The summed E-state index contributed by atoms with van der Waals surface area (Å²) in [5, 5.41) is -7.06. The molecule has 4 rings (SSSR count). The van der Waals surface area contributed by atoms with E-state index in [9.17, 15) is 39.2 Å². The lowest BCUT2D eigenvalue weighted by atomic mass is 10.1. The second-order valence-corrected chi connectivity index (χ2v) is 14.7. The Morgan fingerprint density at radius 1 is 0.681 bits per heavy atom. The molecule has 47 heavy (non-hydrogen) atoms. The van der Waals surface area contributed by atoms with E-state index in [1.807, 2.05) is 0 Å². The molecular formula is C30H29F9O6S2. The molecule has 3 aromatic carbocycles. The Labute approximate surface area is 266 Å². The summed E-state index contributed by atoms with van der Waals surface area (Å²) in [4.78, 5) is -0.593. The summed E-state index contributed by atoms with van der Waals surface area (Å²) in [6.07, 6.45) is -4.40. The van der Waals surface area contributed by atoms with Crippen LogP contribution in [0.15, 0.2) is 99.6 Å². The molecule has 17 heteroatoms. The van der Waals surface area contributed by atoms with Crippen molar-refractivity contribution in [3.63, 3.8) is 0 Å². The van der Waals surface area contributed by atoms with Gasteiger partial charge in [-0.05, 0) is 78.1 Å². The third-order valence-corrected chi connectivity index (χ3v) is 12.2. The molecule has 1 atom stereocenters. The van der Waals surface area contributed by atoms with Gasteiger partial charge in [-0.25, -0.2) is 3.63 Å². The first-order valence-electron chi connectivity index (χ1n) is 14.0. The van der Waals surface area contributed by atoms with Gasteiger partial charge in [0.1, 0.15) is 5.75 Å². The maximum Gasteiger partial charge on any atom is 0.460 e. The molecule has 0 radical (unpaired) electrons. The van der Waals surface area contributed by atoms with Crippen molar-refractivity contribution in [3.8, 4) is 5.75 Å². The third kappa shape index (κ3) is 7.38. The monoisotopic (exact) mass is 720 g/mol. The largest absolute Gasteiger partial charge is 0.494 e. The smallest absolute Gasteiger partial charge is 0.460 e. The number of alkyl halides is 9. The molecule has 0 aromatic heterocycles. The molecule has 0 saturated carbocycles. The summed E-state index contributed by atoms with van der Waals surface area (Å²) in [6.45, 7) is 1.07. The quantitative estimate of drug-likeness (QED) is 0.122. The van der Waals surface area contributed by atoms with Crippen LogP contribution in [0.1, 0.15) is 25.7 Å². The van der Waals surface area contributed by atoms with Gasteiger partial charge in [0.25, 0.3) is 0 Å². The second kappa shape index (κ2) is 14.2. The lowest BCUT2D eigenvalue weighted by Gasteiger charge is -2.41. The Balaban J connectivity index is 1.71. The fourth-order valence-electron chi connectivity index (χ4n) is 4.48. The normalized spacial score (nSPS) is 17.3. The van der Waals surface area contributed by atoms with Crippen LogP contribution in [0.2, 0.25) is 0 Å². The molecular weight excluding hydrogens is 691 g/mol. The van der Waals surface area contributed by atoms with Gasteiger partial charge in [0.2, 0.25) is 0 Å². The average molecular weight is 721 g/mol. The molecule has 3 aromatic rings. The lowest BCUT2D eigenvalue weighted by Crippen LogP contribution is -2.63. The van der Waals surface area contributed by atoms with Crippen LogP contribution in [0.3, 0.4) is 0 Å². The first-order valence-corrected chi connectivity index (χ1v) is 17.0. The molecule has 1 fully saturated rings. The molecule has 6 nitrogen and oxygen atoms in total. The maximum atomic E-state index is 15.0. The van der Waals surface area contributed by atoms with Crippen LogP contribution in [-0.4, -0.2) is 57.8 Å². The fourth-order valence-corrected chi connectivity index (χ4v) is 9.70. The summed E-state index contributed by atoms with van der Waals surface area (Å²) in [7, 11) is -11.4. The van der Waals surface area contributed by atoms with Gasteiger partial charge in [-0.1, -0.05) is 36.4 Å². The number of rotatable bonds is 14. The first kappa shape index (κ1) is 36.8. The van der Waals surface area contributed by atoms with Gasteiger partial charge in [-0.2, -0.15) is 47.9 Å². The van der Waals surface area contributed by atoms with E-state index in [4.69, 9.17) is 17.8 Å². The summed E-state index contributed by atoms with van der Waals surface area (Å²) < 4.78 is 172. The Kier molecular flexibility index (Phi) is 11.2. The SMILES string of the molecule is O=S(=O)(OS(c1ccccc1)(c1ccccc1)c1ccc(OCCCOC2CCCCO2)cc1)C(F)(F)C(F)(F)C(F)(F)C(F)(F)F. The van der Waals surface area contributed by atoms with Gasteiger partial charge < -0.3 is 14.2 Å². The van der Waals surface area contributed by atoms with E-state index in [1.165, 1.54) is 84.9 Å². The van der Waals surface area contributed by atoms with Crippen molar-refractivity contribution in [1.82, 2.24) is 0 Å². The van der Waals surface area contributed by atoms with Crippen molar-refractivity contribution in [2.24, 2.45) is 0 Å². The van der Waals surface area contributed by atoms with Crippen molar-refractivity contribution in [2.45, 2.75) is 69.9 Å². The highest BCUT2D eigenvalue weighted by Gasteiger charge is 2.86.